The number of benzene rings is 3. The lowest BCUT2D eigenvalue weighted by Gasteiger charge is -2.37. The largest absolute Gasteiger partial charge is 0.497 e. The van der Waals surface area contributed by atoms with E-state index in [1.54, 1.807) is 7.11 Å². The first-order valence-electron chi connectivity index (χ1n) is 11.6. The van der Waals surface area contributed by atoms with Crippen LogP contribution in [0.2, 0.25) is 0 Å². The van der Waals surface area contributed by atoms with E-state index < -0.39 is 5.60 Å². The van der Waals surface area contributed by atoms with E-state index in [0.29, 0.717) is 5.92 Å². The van der Waals surface area contributed by atoms with Crippen molar-refractivity contribution in [1.29, 1.82) is 0 Å². The minimum absolute atomic E-state index is 0.553. The Bertz CT molecular complexity index is 994. The van der Waals surface area contributed by atoms with Gasteiger partial charge in [-0.25, -0.2) is 0 Å². The summed E-state index contributed by atoms with van der Waals surface area (Å²) in [6.07, 6.45) is 6.03. The van der Waals surface area contributed by atoms with Gasteiger partial charge in [-0.1, -0.05) is 67.9 Å². The van der Waals surface area contributed by atoms with Gasteiger partial charge in [0.1, 0.15) is 5.75 Å². The number of aliphatic hydroxyl groups is 1. The molecule has 0 bridgehead atoms. The summed E-state index contributed by atoms with van der Waals surface area (Å²) in [7, 11) is 1.69. The van der Waals surface area contributed by atoms with Crippen LogP contribution >= 0.6 is 0 Å². The van der Waals surface area contributed by atoms with Gasteiger partial charge in [-0.3, -0.25) is 0 Å². The summed E-state index contributed by atoms with van der Waals surface area (Å²) >= 11 is 0. The van der Waals surface area contributed by atoms with Gasteiger partial charge < -0.3 is 9.84 Å². The molecule has 162 valence electrons. The van der Waals surface area contributed by atoms with E-state index in [2.05, 4.69) is 74.5 Å². The van der Waals surface area contributed by atoms with Crippen LogP contribution in [0.4, 0.5) is 0 Å². The molecular formula is C29H34O2. The van der Waals surface area contributed by atoms with Gasteiger partial charge in [0.25, 0.3) is 0 Å². The molecule has 2 heteroatoms. The van der Waals surface area contributed by atoms with Crippen LogP contribution in [0.15, 0.2) is 66.7 Å². The summed E-state index contributed by atoms with van der Waals surface area (Å²) in [6.45, 7) is 4.33. The highest BCUT2D eigenvalue weighted by Crippen LogP contribution is 2.43. The Morgan fingerprint density at radius 2 is 1.61 bits per heavy atom. The first kappa shape index (κ1) is 21.6. The van der Waals surface area contributed by atoms with Gasteiger partial charge in [-0.2, -0.15) is 0 Å². The zero-order valence-electron chi connectivity index (χ0n) is 19.0. The topological polar surface area (TPSA) is 29.5 Å². The van der Waals surface area contributed by atoms with Gasteiger partial charge in [0.15, 0.2) is 0 Å². The van der Waals surface area contributed by atoms with E-state index in [0.717, 1.165) is 43.4 Å². The molecule has 0 aromatic heterocycles. The Morgan fingerprint density at radius 1 is 0.935 bits per heavy atom. The molecule has 0 saturated heterocycles. The van der Waals surface area contributed by atoms with Crippen molar-refractivity contribution >= 4 is 0 Å². The Morgan fingerprint density at radius 3 is 2.19 bits per heavy atom. The molecule has 1 saturated carbocycles. The van der Waals surface area contributed by atoms with Gasteiger partial charge >= 0.3 is 0 Å². The molecule has 31 heavy (non-hydrogen) atoms. The third-order valence-electron chi connectivity index (χ3n) is 6.97. The lowest BCUT2D eigenvalue weighted by molar-refractivity contribution is -0.00565. The number of ether oxygens (including phenoxy) is 1. The summed E-state index contributed by atoms with van der Waals surface area (Å²) in [4.78, 5) is 0. The van der Waals surface area contributed by atoms with Crippen LogP contribution in [0, 0.1) is 6.92 Å². The van der Waals surface area contributed by atoms with E-state index in [1.165, 1.54) is 34.2 Å². The quantitative estimate of drug-likeness (QED) is 0.463. The minimum Gasteiger partial charge on any atom is -0.497 e. The van der Waals surface area contributed by atoms with Gasteiger partial charge in [-0.05, 0) is 90.5 Å². The van der Waals surface area contributed by atoms with Crippen molar-refractivity contribution in [2.75, 3.05) is 7.11 Å². The third-order valence-corrected chi connectivity index (χ3v) is 6.97. The highest BCUT2D eigenvalue weighted by molar-refractivity contribution is 5.68. The van der Waals surface area contributed by atoms with Crippen LogP contribution in [-0.4, -0.2) is 12.2 Å². The summed E-state index contributed by atoms with van der Waals surface area (Å²) in [5, 5.41) is 11.4. The van der Waals surface area contributed by atoms with E-state index in [-0.39, 0.29) is 0 Å². The summed E-state index contributed by atoms with van der Waals surface area (Å²) in [5.74, 6) is 1.43. The average molecular weight is 415 g/mol. The molecular weight excluding hydrogens is 380 g/mol. The molecule has 1 fully saturated rings. The molecule has 0 aliphatic heterocycles. The van der Waals surface area contributed by atoms with E-state index in [4.69, 9.17) is 4.74 Å². The second kappa shape index (κ2) is 9.28. The molecule has 2 nitrogen and oxygen atoms in total. The number of aryl methyl sites for hydroxylation is 2. The van der Waals surface area contributed by atoms with Gasteiger partial charge in [-0.15, -0.1) is 0 Å². The SMILES string of the molecule is CCCc1ccc(C2CCC(O)(c3ccc(-c4ccc(OC)cc4C)cc3)CC2)cc1. The number of methoxy groups -OCH3 is 1. The normalized spacial score (nSPS) is 21.1. The highest BCUT2D eigenvalue weighted by Gasteiger charge is 2.35. The van der Waals surface area contributed by atoms with E-state index in [9.17, 15) is 5.11 Å². The van der Waals surface area contributed by atoms with Crippen molar-refractivity contribution in [3.63, 3.8) is 0 Å². The second-order valence-electron chi connectivity index (χ2n) is 9.06. The van der Waals surface area contributed by atoms with Crippen LogP contribution < -0.4 is 4.74 Å². The van der Waals surface area contributed by atoms with Crippen LogP contribution in [0.3, 0.4) is 0 Å². The number of rotatable bonds is 6. The standard InChI is InChI=1S/C29H34O2/c1-4-5-22-6-8-23(9-7-22)24-16-18-29(30,19-17-24)26-12-10-25(11-13-26)28-15-14-27(31-3)20-21(28)2/h6-15,20,24,30H,4-5,16-19H2,1-3H3. The van der Waals surface area contributed by atoms with Crippen LogP contribution in [0.1, 0.15) is 67.2 Å². The number of hydrogen-bond donors (Lipinski definition) is 1. The number of hydrogen-bond acceptors (Lipinski definition) is 2. The predicted molar refractivity (Wildman–Crippen MR) is 129 cm³/mol. The van der Waals surface area contributed by atoms with Crippen LogP contribution in [0.5, 0.6) is 5.75 Å². The molecule has 0 radical (unpaired) electrons. The predicted octanol–water partition coefficient (Wildman–Crippen LogP) is 7.17. The molecule has 0 heterocycles. The zero-order chi connectivity index (χ0) is 21.8. The molecule has 3 aromatic carbocycles. The second-order valence-corrected chi connectivity index (χ2v) is 9.06. The average Bonchev–Trinajstić information content (AvgIpc) is 2.80. The van der Waals surface area contributed by atoms with Crippen molar-refractivity contribution in [1.82, 2.24) is 0 Å². The fourth-order valence-electron chi connectivity index (χ4n) is 5.01. The van der Waals surface area contributed by atoms with Crippen molar-refractivity contribution in [3.8, 4) is 16.9 Å². The van der Waals surface area contributed by atoms with Crippen molar-refractivity contribution in [3.05, 3.63) is 89.0 Å². The minimum atomic E-state index is -0.716. The molecule has 1 N–H and O–H groups in total. The maximum Gasteiger partial charge on any atom is 0.119 e. The van der Waals surface area contributed by atoms with Gasteiger partial charge in [0.2, 0.25) is 0 Å². The molecule has 0 amide bonds. The lowest BCUT2D eigenvalue weighted by atomic mass is 9.73. The Hall–Kier alpha value is -2.58. The molecule has 1 aliphatic rings. The van der Waals surface area contributed by atoms with E-state index in [1.807, 2.05) is 6.07 Å². The zero-order valence-corrected chi connectivity index (χ0v) is 19.0. The lowest BCUT2D eigenvalue weighted by Crippen LogP contribution is -2.30. The smallest absolute Gasteiger partial charge is 0.119 e. The highest BCUT2D eigenvalue weighted by atomic mass is 16.5. The summed E-state index contributed by atoms with van der Waals surface area (Å²) in [6, 6.07) is 23.8. The molecule has 0 atom stereocenters. The molecule has 4 rings (SSSR count). The maximum absolute atomic E-state index is 11.4. The first-order chi connectivity index (χ1) is 15.0. The van der Waals surface area contributed by atoms with Crippen molar-refractivity contribution in [2.24, 2.45) is 0 Å². The van der Waals surface area contributed by atoms with Crippen molar-refractivity contribution in [2.45, 2.75) is 63.9 Å². The van der Waals surface area contributed by atoms with Crippen molar-refractivity contribution < 1.29 is 9.84 Å². The molecule has 0 spiro atoms. The van der Waals surface area contributed by atoms with Crippen LogP contribution in [0.25, 0.3) is 11.1 Å². The fraction of sp³-hybridized carbons (Fsp3) is 0.379. The molecule has 3 aromatic rings. The Labute approximate surface area is 186 Å². The van der Waals surface area contributed by atoms with Crippen LogP contribution in [-0.2, 0) is 12.0 Å². The Balaban J connectivity index is 1.44. The monoisotopic (exact) mass is 414 g/mol. The first-order valence-corrected chi connectivity index (χ1v) is 11.6. The van der Waals surface area contributed by atoms with Gasteiger partial charge in [0.05, 0.1) is 12.7 Å². The maximum atomic E-state index is 11.4. The molecule has 0 unspecified atom stereocenters. The third kappa shape index (κ3) is 4.70. The summed E-state index contributed by atoms with van der Waals surface area (Å²) < 4.78 is 5.32. The van der Waals surface area contributed by atoms with Gasteiger partial charge in [0, 0.05) is 0 Å². The summed E-state index contributed by atoms with van der Waals surface area (Å²) in [5.41, 5.74) is 6.74. The fourth-order valence-corrected chi connectivity index (χ4v) is 5.01. The van der Waals surface area contributed by atoms with E-state index >= 15 is 0 Å². The Kier molecular flexibility index (Phi) is 6.48. The molecule has 1 aliphatic carbocycles.